The van der Waals surface area contributed by atoms with Crippen LogP contribution in [0.1, 0.15) is 16.1 Å². The van der Waals surface area contributed by atoms with Crippen molar-refractivity contribution < 1.29 is 14.5 Å². The van der Waals surface area contributed by atoms with Gasteiger partial charge in [-0.2, -0.15) is 5.10 Å². The zero-order chi connectivity index (χ0) is 13.8. The molecule has 0 bridgehead atoms. The Morgan fingerprint density at radius 1 is 1.53 bits per heavy atom. The third kappa shape index (κ3) is 3.07. The number of amides is 1. The highest BCUT2D eigenvalue weighted by molar-refractivity contribution is 9.10. The van der Waals surface area contributed by atoms with E-state index in [1.54, 1.807) is 12.1 Å². The van der Waals surface area contributed by atoms with E-state index in [-0.39, 0.29) is 17.3 Å². The van der Waals surface area contributed by atoms with Gasteiger partial charge in [-0.1, -0.05) is 15.9 Å². The molecule has 0 aliphatic heterocycles. The summed E-state index contributed by atoms with van der Waals surface area (Å²) in [6, 6.07) is 4.80. The Balaban J connectivity index is 2.06. The van der Waals surface area contributed by atoms with Crippen molar-refractivity contribution >= 4 is 33.9 Å². The Bertz CT molecular complexity index is 640. The highest BCUT2D eigenvalue weighted by Crippen LogP contribution is 2.19. The fourth-order valence-corrected chi connectivity index (χ4v) is 1.57. The summed E-state index contributed by atoms with van der Waals surface area (Å²) in [5.41, 5.74) is 7.80. The fourth-order valence-electron chi connectivity index (χ4n) is 1.20. The third-order valence-electron chi connectivity index (χ3n) is 2.09. The molecular formula is C10H8BrN5O3. The largest absolute Gasteiger partial charge is 0.507 e. The number of halogens is 1. The summed E-state index contributed by atoms with van der Waals surface area (Å²) < 4.78 is 5.05. The van der Waals surface area contributed by atoms with E-state index in [0.717, 1.165) is 4.47 Å². The van der Waals surface area contributed by atoms with Crippen molar-refractivity contribution in [1.82, 2.24) is 15.7 Å². The number of nitrogens with zero attached hydrogens (tertiary/aromatic N) is 3. The van der Waals surface area contributed by atoms with Crippen LogP contribution in [-0.2, 0) is 0 Å². The minimum Gasteiger partial charge on any atom is -0.507 e. The van der Waals surface area contributed by atoms with Crippen LogP contribution in [0.4, 0.5) is 5.82 Å². The second-order valence-corrected chi connectivity index (χ2v) is 4.32. The minimum absolute atomic E-state index is 0.0313. The maximum atomic E-state index is 11.5. The molecule has 1 aromatic carbocycles. The van der Waals surface area contributed by atoms with Crippen LogP contribution < -0.4 is 11.2 Å². The number of anilines is 1. The normalized spacial score (nSPS) is 10.8. The Hall–Kier alpha value is -2.42. The van der Waals surface area contributed by atoms with Crippen molar-refractivity contribution in [3.05, 3.63) is 33.9 Å². The number of hydrogen-bond donors (Lipinski definition) is 3. The first-order chi connectivity index (χ1) is 9.08. The molecule has 0 aliphatic carbocycles. The van der Waals surface area contributed by atoms with Gasteiger partial charge in [0.25, 0.3) is 5.91 Å². The molecule has 1 heterocycles. The average molecular weight is 326 g/mol. The number of aromatic nitrogens is 2. The van der Waals surface area contributed by atoms with Crippen LogP contribution in [0.5, 0.6) is 5.75 Å². The van der Waals surface area contributed by atoms with Gasteiger partial charge in [-0.05, 0) is 28.5 Å². The second kappa shape index (κ2) is 5.48. The van der Waals surface area contributed by atoms with Crippen LogP contribution in [0.25, 0.3) is 0 Å². The molecule has 4 N–H and O–H groups in total. The molecule has 8 nitrogen and oxygen atoms in total. The smallest absolute Gasteiger partial charge is 0.297 e. The van der Waals surface area contributed by atoms with E-state index in [9.17, 15) is 9.90 Å². The van der Waals surface area contributed by atoms with Crippen LogP contribution in [-0.4, -0.2) is 27.5 Å². The van der Waals surface area contributed by atoms with Crippen molar-refractivity contribution in [2.45, 2.75) is 0 Å². The van der Waals surface area contributed by atoms with Crippen molar-refractivity contribution in [3.8, 4) is 5.75 Å². The monoisotopic (exact) mass is 325 g/mol. The zero-order valence-electron chi connectivity index (χ0n) is 9.37. The predicted octanol–water partition coefficient (Wildman–Crippen LogP) is 0.884. The number of carbonyl (C=O) groups is 1. The lowest BCUT2D eigenvalue weighted by Gasteiger charge is -1.99. The van der Waals surface area contributed by atoms with Crippen molar-refractivity contribution in [3.63, 3.8) is 0 Å². The average Bonchev–Trinajstić information content (AvgIpc) is 2.80. The van der Waals surface area contributed by atoms with Crippen LogP contribution in [0.2, 0.25) is 0 Å². The molecule has 98 valence electrons. The molecule has 0 spiro atoms. The summed E-state index contributed by atoms with van der Waals surface area (Å²) in [5, 5.41) is 19.8. The number of hydrogen-bond acceptors (Lipinski definition) is 7. The van der Waals surface area contributed by atoms with Gasteiger partial charge in [0.05, 0.1) is 6.21 Å². The van der Waals surface area contributed by atoms with Crippen LogP contribution in [0, 0.1) is 0 Å². The maximum Gasteiger partial charge on any atom is 0.297 e. The lowest BCUT2D eigenvalue weighted by molar-refractivity contribution is 0.0946. The Morgan fingerprint density at radius 3 is 3.00 bits per heavy atom. The molecule has 19 heavy (non-hydrogen) atoms. The van der Waals surface area contributed by atoms with E-state index in [4.69, 9.17) is 5.73 Å². The van der Waals surface area contributed by atoms with Crippen LogP contribution in [0.3, 0.4) is 0 Å². The number of carbonyl (C=O) groups excluding carboxylic acids is 1. The van der Waals surface area contributed by atoms with Crippen LogP contribution in [0.15, 0.2) is 32.4 Å². The van der Waals surface area contributed by atoms with Gasteiger partial charge in [-0.3, -0.25) is 4.79 Å². The molecule has 0 atom stereocenters. The first-order valence-corrected chi connectivity index (χ1v) is 5.77. The number of benzene rings is 1. The molecule has 0 saturated carbocycles. The van der Waals surface area contributed by atoms with E-state index >= 15 is 0 Å². The number of nitrogens with two attached hydrogens (primary N) is 1. The number of aromatic hydroxyl groups is 1. The zero-order valence-corrected chi connectivity index (χ0v) is 11.0. The summed E-state index contributed by atoms with van der Waals surface area (Å²) in [5.74, 6) is -0.758. The lowest BCUT2D eigenvalue weighted by Crippen LogP contribution is -2.19. The quantitative estimate of drug-likeness (QED) is 0.568. The van der Waals surface area contributed by atoms with Gasteiger partial charge in [0.1, 0.15) is 5.75 Å². The van der Waals surface area contributed by atoms with E-state index in [1.807, 2.05) is 0 Å². The number of nitrogens with one attached hydrogen (secondary N) is 1. The maximum absolute atomic E-state index is 11.5. The lowest BCUT2D eigenvalue weighted by atomic mass is 10.2. The number of hydrazone groups is 1. The van der Waals surface area contributed by atoms with Gasteiger partial charge < -0.3 is 10.8 Å². The molecule has 1 amide bonds. The molecule has 0 radical (unpaired) electrons. The molecule has 0 saturated heterocycles. The van der Waals surface area contributed by atoms with E-state index in [1.165, 1.54) is 12.3 Å². The predicted molar refractivity (Wildman–Crippen MR) is 69.6 cm³/mol. The number of phenols is 1. The van der Waals surface area contributed by atoms with Crippen molar-refractivity contribution in [1.29, 1.82) is 0 Å². The number of phenolic OH excluding ortho intramolecular Hbond substituents is 1. The first kappa shape index (κ1) is 13.0. The van der Waals surface area contributed by atoms with E-state index < -0.39 is 5.91 Å². The standard InChI is InChI=1S/C10H8BrN5O3/c11-6-1-2-7(17)5(3-6)4-13-14-10(18)8-9(12)16-19-15-8/h1-4,17H,(H2,12,16)(H,14,18)/b13-4-. The fraction of sp³-hybridized carbons (Fsp3) is 0. The molecular weight excluding hydrogens is 318 g/mol. The van der Waals surface area contributed by atoms with E-state index in [0.29, 0.717) is 5.56 Å². The van der Waals surface area contributed by atoms with Gasteiger partial charge in [0, 0.05) is 10.0 Å². The molecule has 2 rings (SSSR count). The SMILES string of the molecule is Nc1nonc1C(=O)N/N=C\c1cc(Br)ccc1O. The van der Waals surface area contributed by atoms with Gasteiger partial charge in [0.15, 0.2) is 0 Å². The molecule has 0 aliphatic rings. The highest BCUT2D eigenvalue weighted by atomic mass is 79.9. The van der Waals surface area contributed by atoms with E-state index in [2.05, 4.69) is 41.4 Å². The van der Waals surface area contributed by atoms with Gasteiger partial charge in [-0.25, -0.2) is 10.1 Å². The summed E-state index contributed by atoms with van der Waals surface area (Å²) in [6.45, 7) is 0. The first-order valence-electron chi connectivity index (χ1n) is 4.98. The Labute approximate surface area is 115 Å². The van der Waals surface area contributed by atoms with Crippen molar-refractivity contribution in [2.75, 3.05) is 5.73 Å². The number of rotatable bonds is 3. The summed E-state index contributed by atoms with van der Waals surface area (Å²) in [6.07, 6.45) is 1.28. The summed E-state index contributed by atoms with van der Waals surface area (Å²) in [7, 11) is 0. The van der Waals surface area contributed by atoms with Gasteiger partial charge >= 0.3 is 0 Å². The van der Waals surface area contributed by atoms with Crippen LogP contribution >= 0.6 is 15.9 Å². The molecule has 1 aromatic heterocycles. The molecule has 2 aromatic rings. The minimum atomic E-state index is -0.663. The van der Waals surface area contributed by atoms with Crippen molar-refractivity contribution in [2.24, 2.45) is 5.10 Å². The molecule has 9 heteroatoms. The summed E-state index contributed by atoms with van der Waals surface area (Å²) in [4.78, 5) is 11.5. The Morgan fingerprint density at radius 2 is 2.32 bits per heavy atom. The van der Waals surface area contributed by atoms with Gasteiger partial charge in [0.2, 0.25) is 11.5 Å². The highest BCUT2D eigenvalue weighted by Gasteiger charge is 2.14. The third-order valence-corrected chi connectivity index (χ3v) is 2.58. The summed E-state index contributed by atoms with van der Waals surface area (Å²) >= 11 is 3.25. The molecule has 0 fully saturated rings. The Kier molecular flexibility index (Phi) is 3.76. The molecule has 0 unspecified atom stereocenters. The topological polar surface area (TPSA) is 127 Å². The van der Waals surface area contributed by atoms with Gasteiger partial charge in [-0.15, -0.1) is 0 Å². The number of nitrogen functional groups attached to an aromatic ring is 1. The second-order valence-electron chi connectivity index (χ2n) is 3.40.